The summed E-state index contributed by atoms with van der Waals surface area (Å²) in [5.74, 6) is 1.19. The summed E-state index contributed by atoms with van der Waals surface area (Å²) in [6.07, 6.45) is 0. The van der Waals surface area contributed by atoms with Crippen LogP contribution in [0.5, 0.6) is 11.5 Å². The third-order valence-corrected chi connectivity index (χ3v) is 3.50. The molecule has 0 spiro atoms. The Hall–Kier alpha value is -2.62. The molecule has 0 radical (unpaired) electrons. The molecule has 3 rings (SSSR count). The number of benzene rings is 2. The molecule has 0 aliphatic carbocycles. The molecular weight excluding hydrogens is 268 g/mol. The monoisotopic (exact) mass is 282 g/mol. The first kappa shape index (κ1) is 13.4. The Morgan fingerprint density at radius 1 is 0.810 bits per heavy atom. The number of carbonyl (C=O) groups excluding carboxylic acids is 2. The van der Waals surface area contributed by atoms with Gasteiger partial charge in [-0.15, -0.1) is 0 Å². The number of carbonyl (C=O) groups is 2. The molecule has 0 bridgehead atoms. The van der Waals surface area contributed by atoms with E-state index in [-0.39, 0.29) is 18.4 Å². The van der Waals surface area contributed by atoms with Gasteiger partial charge >= 0.3 is 0 Å². The summed E-state index contributed by atoms with van der Waals surface area (Å²) in [5.41, 5.74) is 2.89. The predicted octanol–water partition coefficient (Wildman–Crippen LogP) is 3.49. The largest absolute Gasteiger partial charge is 0.457 e. The second kappa shape index (κ2) is 5.05. The van der Waals surface area contributed by atoms with Gasteiger partial charge in [-0.3, -0.25) is 9.59 Å². The summed E-state index contributed by atoms with van der Waals surface area (Å²) in [6.45, 7) is 3.08. The SMILES string of the molecule is CC(=O)c1ccc2c(c1)OCOc1cc(C(C)=O)ccc1-2. The van der Waals surface area contributed by atoms with Crippen LogP contribution in [-0.4, -0.2) is 18.4 Å². The van der Waals surface area contributed by atoms with Gasteiger partial charge in [-0.2, -0.15) is 0 Å². The summed E-state index contributed by atoms with van der Waals surface area (Å²) in [5, 5.41) is 0. The minimum atomic E-state index is -0.0151. The van der Waals surface area contributed by atoms with Crippen LogP contribution < -0.4 is 9.47 Å². The average molecular weight is 282 g/mol. The van der Waals surface area contributed by atoms with Crippen molar-refractivity contribution in [3.63, 3.8) is 0 Å². The number of Topliss-reactive ketones (excluding diaryl/α,β-unsaturated/α-hetero) is 2. The molecule has 1 aliphatic rings. The highest BCUT2D eigenvalue weighted by atomic mass is 16.7. The Balaban J connectivity index is 2.15. The molecule has 0 fully saturated rings. The average Bonchev–Trinajstić information content (AvgIpc) is 2.64. The van der Waals surface area contributed by atoms with Crippen LogP contribution in [0, 0.1) is 0 Å². The summed E-state index contributed by atoms with van der Waals surface area (Å²) >= 11 is 0. The highest BCUT2D eigenvalue weighted by Crippen LogP contribution is 2.39. The number of ether oxygens (including phenoxy) is 2. The molecule has 1 aliphatic heterocycles. The number of hydrogen-bond acceptors (Lipinski definition) is 4. The fraction of sp³-hybridized carbons (Fsp3) is 0.176. The molecule has 0 unspecified atom stereocenters. The van der Waals surface area contributed by atoms with E-state index in [1.165, 1.54) is 13.8 Å². The van der Waals surface area contributed by atoms with Crippen LogP contribution in [0.2, 0.25) is 0 Å². The van der Waals surface area contributed by atoms with Crippen molar-refractivity contribution in [1.82, 2.24) is 0 Å². The maximum Gasteiger partial charge on any atom is 0.230 e. The minimum absolute atomic E-state index is 0.0151. The highest BCUT2D eigenvalue weighted by Gasteiger charge is 2.18. The van der Waals surface area contributed by atoms with Gasteiger partial charge in [-0.1, -0.05) is 12.1 Å². The van der Waals surface area contributed by atoms with Crippen LogP contribution in [-0.2, 0) is 0 Å². The molecule has 106 valence electrons. The van der Waals surface area contributed by atoms with Crippen molar-refractivity contribution in [3.05, 3.63) is 47.5 Å². The maximum absolute atomic E-state index is 11.5. The van der Waals surface area contributed by atoms with Gasteiger partial charge in [-0.05, 0) is 38.1 Å². The highest BCUT2D eigenvalue weighted by molar-refractivity contribution is 5.97. The van der Waals surface area contributed by atoms with E-state index in [9.17, 15) is 9.59 Å². The van der Waals surface area contributed by atoms with Crippen LogP contribution in [0.1, 0.15) is 34.6 Å². The lowest BCUT2D eigenvalue weighted by Gasteiger charge is -2.08. The first-order valence-corrected chi connectivity index (χ1v) is 6.62. The van der Waals surface area contributed by atoms with Gasteiger partial charge in [0.05, 0.1) is 0 Å². The van der Waals surface area contributed by atoms with Gasteiger partial charge in [0, 0.05) is 22.3 Å². The molecule has 2 aromatic carbocycles. The van der Waals surface area contributed by atoms with Crippen molar-refractivity contribution in [2.45, 2.75) is 13.8 Å². The van der Waals surface area contributed by atoms with E-state index in [1.54, 1.807) is 24.3 Å². The Kier molecular flexibility index (Phi) is 3.22. The lowest BCUT2D eigenvalue weighted by atomic mass is 9.98. The van der Waals surface area contributed by atoms with E-state index in [0.717, 1.165) is 11.1 Å². The van der Waals surface area contributed by atoms with E-state index >= 15 is 0 Å². The van der Waals surface area contributed by atoms with Crippen LogP contribution >= 0.6 is 0 Å². The van der Waals surface area contributed by atoms with Gasteiger partial charge < -0.3 is 9.47 Å². The molecular formula is C17H14O4. The van der Waals surface area contributed by atoms with E-state index in [4.69, 9.17) is 9.47 Å². The quantitative estimate of drug-likeness (QED) is 0.791. The zero-order chi connectivity index (χ0) is 15.0. The maximum atomic E-state index is 11.5. The first-order chi connectivity index (χ1) is 10.1. The molecule has 2 aromatic rings. The van der Waals surface area contributed by atoms with Crippen molar-refractivity contribution in [3.8, 4) is 22.6 Å². The van der Waals surface area contributed by atoms with E-state index in [2.05, 4.69) is 0 Å². The molecule has 1 heterocycles. The van der Waals surface area contributed by atoms with Crippen LogP contribution in [0.3, 0.4) is 0 Å². The number of ketones is 2. The summed E-state index contributed by atoms with van der Waals surface area (Å²) in [4.78, 5) is 22.9. The number of hydrogen-bond donors (Lipinski definition) is 0. The van der Waals surface area contributed by atoms with Crippen LogP contribution in [0.25, 0.3) is 11.1 Å². The molecule has 4 heteroatoms. The molecule has 0 atom stereocenters. The molecule has 4 nitrogen and oxygen atoms in total. The lowest BCUT2D eigenvalue weighted by Crippen LogP contribution is -2.04. The molecule has 0 saturated heterocycles. The fourth-order valence-corrected chi connectivity index (χ4v) is 2.32. The van der Waals surface area contributed by atoms with Crippen LogP contribution in [0.4, 0.5) is 0 Å². The zero-order valence-corrected chi connectivity index (χ0v) is 11.8. The Bertz CT molecular complexity index is 683. The van der Waals surface area contributed by atoms with Gasteiger partial charge in [0.15, 0.2) is 11.6 Å². The van der Waals surface area contributed by atoms with Gasteiger partial charge in [0.2, 0.25) is 6.79 Å². The molecule has 21 heavy (non-hydrogen) atoms. The number of fused-ring (bicyclic) bond motifs is 3. The van der Waals surface area contributed by atoms with Crippen molar-refractivity contribution < 1.29 is 19.1 Å². The molecule has 0 saturated carbocycles. The summed E-state index contributed by atoms with van der Waals surface area (Å²) in [7, 11) is 0. The summed E-state index contributed by atoms with van der Waals surface area (Å²) < 4.78 is 11.1. The van der Waals surface area contributed by atoms with Gasteiger partial charge in [-0.25, -0.2) is 0 Å². The second-order valence-corrected chi connectivity index (χ2v) is 4.94. The van der Waals surface area contributed by atoms with E-state index in [1.807, 2.05) is 12.1 Å². The summed E-state index contributed by atoms with van der Waals surface area (Å²) in [6, 6.07) is 10.6. The Labute approximate surface area is 122 Å². The molecule has 0 aromatic heterocycles. The predicted molar refractivity (Wildman–Crippen MR) is 78.0 cm³/mol. The van der Waals surface area contributed by atoms with Gasteiger partial charge in [0.25, 0.3) is 0 Å². The Morgan fingerprint density at radius 3 is 1.62 bits per heavy atom. The standard InChI is InChI=1S/C17H14O4/c1-10(18)12-3-5-14-15-6-4-13(11(2)19)8-17(15)21-9-20-16(14)7-12/h3-8H,9H2,1-2H3. The van der Waals surface area contributed by atoms with Crippen molar-refractivity contribution in [2.24, 2.45) is 0 Å². The van der Waals surface area contributed by atoms with E-state index in [0.29, 0.717) is 22.6 Å². The molecule has 0 N–H and O–H groups in total. The third kappa shape index (κ3) is 2.40. The number of rotatable bonds is 2. The first-order valence-electron chi connectivity index (χ1n) is 6.62. The topological polar surface area (TPSA) is 52.6 Å². The third-order valence-electron chi connectivity index (χ3n) is 3.50. The van der Waals surface area contributed by atoms with Crippen molar-refractivity contribution >= 4 is 11.6 Å². The molecule has 0 amide bonds. The normalized spacial score (nSPS) is 12.3. The van der Waals surface area contributed by atoms with Crippen molar-refractivity contribution in [2.75, 3.05) is 6.79 Å². The zero-order valence-electron chi connectivity index (χ0n) is 11.8. The Morgan fingerprint density at radius 2 is 1.24 bits per heavy atom. The fourth-order valence-electron chi connectivity index (χ4n) is 2.32. The second-order valence-electron chi connectivity index (χ2n) is 4.94. The lowest BCUT2D eigenvalue weighted by molar-refractivity contribution is 0.100. The minimum Gasteiger partial charge on any atom is -0.457 e. The van der Waals surface area contributed by atoms with Gasteiger partial charge in [0.1, 0.15) is 11.5 Å². The van der Waals surface area contributed by atoms with E-state index < -0.39 is 0 Å². The smallest absolute Gasteiger partial charge is 0.230 e. The van der Waals surface area contributed by atoms with Crippen LogP contribution in [0.15, 0.2) is 36.4 Å². The van der Waals surface area contributed by atoms with Crippen molar-refractivity contribution in [1.29, 1.82) is 0 Å².